The summed E-state index contributed by atoms with van der Waals surface area (Å²) in [6.45, 7) is 2.11. The van der Waals surface area contributed by atoms with Crippen molar-refractivity contribution < 1.29 is 5.11 Å². The topological polar surface area (TPSA) is 62.1 Å². The van der Waals surface area contributed by atoms with Crippen LogP contribution in [0.3, 0.4) is 0 Å². The van der Waals surface area contributed by atoms with Crippen molar-refractivity contribution in [2.45, 2.75) is 6.42 Å². The van der Waals surface area contributed by atoms with Crippen molar-refractivity contribution in [3.63, 3.8) is 0 Å². The maximum atomic E-state index is 8.91. The Hall–Kier alpha value is -0.750. The zero-order valence-corrected chi connectivity index (χ0v) is 7.37. The number of nitrogens with zero attached hydrogens (tertiary/aromatic N) is 4. The van der Waals surface area contributed by atoms with Gasteiger partial charge in [-0.3, -0.25) is 0 Å². The van der Waals surface area contributed by atoms with Gasteiger partial charge in [0, 0.05) is 37.1 Å². The van der Waals surface area contributed by atoms with E-state index in [4.69, 9.17) is 5.11 Å². The van der Waals surface area contributed by atoms with E-state index >= 15 is 0 Å². The molecule has 1 aliphatic rings. The van der Waals surface area contributed by atoms with Gasteiger partial charge in [-0.25, -0.2) is 0 Å². The molecule has 0 spiro atoms. The number of aromatic nitrogens is 3. The quantitative estimate of drug-likeness (QED) is 0.690. The van der Waals surface area contributed by atoms with Gasteiger partial charge in [0.25, 0.3) is 0 Å². The van der Waals surface area contributed by atoms with Crippen molar-refractivity contribution in [2.75, 3.05) is 24.6 Å². The Kier molecular flexibility index (Phi) is 2.18. The van der Waals surface area contributed by atoms with E-state index in [0.717, 1.165) is 24.6 Å². The highest BCUT2D eigenvalue weighted by atomic mass is 32.1. The Morgan fingerprint density at radius 2 is 2.58 bits per heavy atom. The highest BCUT2D eigenvalue weighted by molar-refractivity contribution is 7.09. The Balaban J connectivity index is 2.00. The molecule has 66 valence electrons. The molecule has 0 radical (unpaired) electrons. The predicted molar refractivity (Wildman–Crippen MR) is 45.1 cm³/mol. The lowest BCUT2D eigenvalue weighted by molar-refractivity contribution is 0.238. The zero-order chi connectivity index (χ0) is 8.39. The second-order valence-corrected chi connectivity index (χ2v) is 3.64. The normalized spacial score (nSPS) is 23.4. The maximum Gasteiger partial charge on any atom is 0.227 e. The molecule has 1 aliphatic heterocycles. The van der Waals surface area contributed by atoms with Gasteiger partial charge in [0.15, 0.2) is 0 Å². The fourth-order valence-electron chi connectivity index (χ4n) is 1.41. The van der Waals surface area contributed by atoms with E-state index in [9.17, 15) is 0 Å². The molecule has 1 N–H and O–H groups in total. The van der Waals surface area contributed by atoms with E-state index < -0.39 is 0 Å². The summed E-state index contributed by atoms with van der Waals surface area (Å²) in [4.78, 5) is 2.12. The van der Waals surface area contributed by atoms with Crippen LogP contribution in [0, 0.1) is 5.92 Å². The van der Waals surface area contributed by atoms with Gasteiger partial charge >= 0.3 is 0 Å². The summed E-state index contributed by atoms with van der Waals surface area (Å²) in [5.74, 6) is 0.397. The molecule has 0 saturated carbocycles. The van der Waals surface area contributed by atoms with Crippen LogP contribution in [-0.4, -0.2) is 39.6 Å². The summed E-state index contributed by atoms with van der Waals surface area (Å²) in [5, 5.41) is 17.2. The summed E-state index contributed by atoms with van der Waals surface area (Å²) in [5.41, 5.74) is 0. The maximum absolute atomic E-state index is 8.91. The van der Waals surface area contributed by atoms with Gasteiger partial charge in [-0.2, -0.15) is 0 Å². The van der Waals surface area contributed by atoms with Gasteiger partial charge in [0.1, 0.15) is 0 Å². The van der Waals surface area contributed by atoms with Crippen LogP contribution in [0.15, 0.2) is 0 Å². The molecule has 1 aromatic heterocycles. The minimum Gasteiger partial charge on any atom is -0.396 e. The number of anilines is 1. The lowest BCUT2D eigenvalue weighted by Gasteiger charge is -2.11. The number of aliphatic hydroxyl groups is 1. The van der Waals surface area contributed by atoms with E-state index in [1.807, 2.05) is 0 Å². The van der Waals surface area contributed by atoms with Gasteiger partial charge in [0.05, 0.1) is 0 Å². The monoisotopic (exact) mass is 186 g/mol. The molecule has 12 heavy (non-hydrogen) atoms. The Morgan fingerprint density at radius 1 is 1.67 bits per heavy atom. The molecular weight excluding hydrogens is 176 g/mol. The number of hydrogen-bond acceptors (Lipinski definition) is 6. The third kappa shape index (κ3) is 1.39. The first-order valence-corrected chi connectivity index (χ1v) is 4.68. The first kappa shape index (κ1) is 7.88. The van der Waals surface area contributed by atoms with Crippen LogP contribution < -0.4 is 4.90 Å². The van der Waals surface area contributed by atoms with E-state index in [-0.39, 0.29) is 6.61 Å². The summed E-state index contributed by atoms with van der Waals surface area (Å²) < 4.78 is 3.69. The molecule has 1 atom stereocenters. The van der Waals surface area contributed by atoms with Crippen molar-refractivity contribution >= 4 is 16.7 Å². The van der Waals surface area contributed by atoms with E-state index in [1.165, 1.54) is 11.5 Å². The molecule has 0 bridgehead atoms. The number of aliphatic hydroxyl groups excluding tert-OH is 1. The number of hydrogen-bond donors (Lipinski definition) is 1. The summed E-state index contributed by atoms with van der Waals surface area (Å²) >= 11 is 1.30. The Morgan fingerprint density at radius 3 is 3.17 bits per heavy atom. The van der Waals surface area contributed by atoms with Crippen LogP contribution in [-0.2, 0) is 0 Å². The van der Waals surface area contributed by atoms with Crippen molar-refractivity contribution in [3.05, 3.63) is 0 Å². The SMILES string of the molecule is OCC1CCN(c2nnns2)C1. The molecule has 1 saturated heterocycles. The van der Waals surface area contributed by atoms with Crippen LogP contribution in [0.25, 0.3) is 0 Å². The smallest absolute Gasteiger partial charge is 0.227 e. The van der Waals surface area contributed by atoms with Crippen molar-refractivity contribution in [2.24, 2.45) is 5.92 Å². The summed E-state index contributed by atoms with van der Waals surface area (Å²) in [7, 11) is 0. The summed E-state index contributed by atoms with van der Waals surface area (Å²) in [6.07, 6.45) is 1.04. The average molecular weight is 186 g/mol. The largest absolute Gasteiger partial charge is 0.396 e. The second kappa shape index (κ2) is 3.32. The van der Waals surface area contributed by atoms with Crippen LogP contribution in [0.5, 0.6) is 0 Å². The standard InChI is InChI=1S/C6H10N4OS/c11-4-5-1-2-10(3-5)6-7-8-9-12-6/h5,11H,1-4H2. The molecule has 6 heteroatoms. The lowest BCUT2D eigenvalue weighted by Crippen LogP contribution is -2.20. The first-order valence-electron chi connectivity index (χ1n) is 3.91. The van der Waals surface area contributed by atoms with Gasteiger partial charge in [0.2, 0.25) is 5.13 Å². The van der Waals surface area contributed by atoms with Crippen molar-refractivity contribution in [1.82, 2.24) is 14.8 Å². The van der Waals surface area contributed by atoms with Crippen molar-refractivity contribution in [1.29, 1.82) is 0 Å². The molecule has 0 aliphatic carbocycles. The van der Waals surface area contributed by atoms with E-state index in [1.54, 1.807) is 0 Å². The molecule has 1 aromatic rings. The fraction of sp³-hybridized carbons (Fsp3) is 0.833. The Labute approximate surface area is 74.2 Å². The summed E-state index contributed by atoms with van der Waals surface area (Å²) in [6, 6.07) is 0. The van der Waals surface area contributed by atoms with Crippen molar-refractivity contribution in [3.8, 4) is 0 Å². The first-order chi connectivity index (χ1) is 5.90. The second-order valence-electron chi connectivity index (χ2n) is 2.93. The van der Waals surface area contributed by atoms with Gasteiger partial charge < -0.3 is 10.0 Å². The predicted octanol–water partition coefficient (Wildman–Crippen LogP) is -0.248. The van der Waals surface area contributed by atoms with Crippen LogP contribution in [0.4, 0.5) is 5.13 Å². The molecule has 2 heterocycles. The molecule has 1 unspecified atom stereocenters. The number of rotatable bonds is 2. The third-order valence-electron chi connectivity index (χ3n) is 2.10. The molecule has 0 aromatic carbocycles. The van der Waals surface area contributed by atoms with Gasteiger partial charge in [-0.1, -0.05) is 9.59 Å². The third-order valence-corrected chi connectivity index (χ3v) is 2.76. The highest BCUT2D eigenvalue weighted by Gasteiger charge is 2.23. The minimum atomic E-state index is 0.267. The minimum absolute atomic E-state index is 0.267. The van der Waals surface area contributed by atoms with Gasteiger partial charge in [-0.15, -0.1) is 0 Å². The highest BCUT2D eigenvalue weighted by Crippen LogP contribution is 2.22. The van der Waals surface area contributed by atoms with E-state index in [0.29, 0.717) is 5.92 Å². The average Bonchev–Trinajstić information content (AvgIpc) is 2.75. The lowest BCUT2D eigenvalue weighted by atomic mass is 10.1. The molecular formula is C6H10N4OS. The zero-order valence-electron chi connectivity index (χ0n) is 6.55. The molecule has 1 fully saturated rings. The van der Waals surface area contributed by atoms with Gasteiger partial charge in [-0.05, 0) is 11.6 Å². The molecule has 2 rings (SSSR count). The molecule has 5 nitrogen and oxygen atoms in total. The van der Waals surface area contributed by atoms with Crippen LogP contribution in [0.2, 0.25) is 0 Å². The van der Waals surface area contributed by atoms with E-state index in [2.05, 4.69) is 19.7 Å². The van der Waals surface area contributed by atoms with Crippen LogP contribution >= 0.6 is 11.5 Å². The Bertz CT molecular complexity index is 240. The molecule has 0 amide bonds. The fourth-order valence-corrected chi connectivity index (χ4v) is 1.91. The van der Waals surface area contributed by atoms with Crippen LogP contribution in [0.1, 0.15) is 6.42 Å².